The van der Waals surface area contributed by atoms with E-state index in [2.05, 4.69) is 5.32 Å². The van der Waals surface area contributed by atoms with E-state index in [1.165, 1.54) is 24.5 Å². The van der Waals surface area contributed by atoms with Crippen molar-refractivity contribution in [2.24, 2.45) is 0 Å². The van der Waals surface area contributed by atoms with Crippen molar-refractivity contribution in [1.29, 1.82) is 0 Å². The largest absolute Gasteiger partial charge is 0.492 e. The van der Waals surface area contributed by atoms with E-state index in [1.807, 2.05) is 6.92 Å². The lowest BCUT2D eigenvalue weighted by atomic mass is 10.0. The lowest BCUT2D eigenvalue weighted by molar-refractivity contribution is 0.0706. The molecular formula is C19H20N2O5. The highest BCUT2D eigenvalue weighted by Gasteiger charge is 2.16. The Morgan fingerprint density at radius 1 is 1.04 bits per heavy atom. The van der Waals surface area contributed by atoms with Crippen LogP contribution in [0.1, 0.15) is 50.5 Å². The number of amides is 2. The van der Waals surface area contributed by atoms with Gasteiger partial charge in [-0.15, -0.1) is 0 Å². The number of ketones is 1. The van der Waals surface area contributed by atoms with Crippen LogP contribution in [0.25, 0.3) is 0 Å². The third kappa shape index (κ3) is 4.25. The van der Waals surface area contributed by atoms with Crippen molar-refractivity contribution in [3.8, 4) is 5.75 Å². The van der Waals surface area contributed by atoms with Crippen molar-refractivity contribution in [1.82, 2.24) is 5.48 Å². The van der Waals surface area contributed by atoms with Crippen LogP contribution in [-0.4, -0.2) is 29.4 Å². The topological polar surface area (TPSA) is 105 Å². The molecule has 2 aromatic rings. The molecular weight excluding hydrogens is 336 g/mol. The predicted octanol–water partition coefficient (Wildman–Crippen LogP) is 2.97. The summed E-state index contributed by atoms with van der Waals surface area (Å²) in [6.45, 7) is 5.37. The van der Waals surface area contributed by atoms with Gasteiger partial charge in [0.05, 0.1) is 12.3 Å². The molecule has 0 radical (unpaired) electrons. The number of carbonyl (C=O) groups excluding carboxylic acids is 3. The van der Waals surface area contributed by atoms with Gasteiger partial charge in [-0.05, 0) is 56.7 Å². The van der Waals surface area contributed by atoms with Crippen LogP contribution < -0.4 is 15.5 Å². The molecule has 0 aromatic heterocycles. The molecule has 2 aromatic carbocycles. The summed E-state index contributed by atoms with van der Waals surface area (Å²) in [6.07, 6.45) is 0. The van der Waals surface area contributed by atoms with E-state index in [0.717, 1.165) is 0 Å². The molecule has 3 N–H and O–H groups in total. The van der Waals surface area contributed by atoms with Crippen molar-refractivity contribution in [2.45, 2.75) is 20.8 Å². The molecule has 0 bridgehead atoms. The Labute approximate surface area is 150 Å². The zero-order chi connectivity index (χ0) is 19.3. The maximum absolute atomic E-state index is 12.7. The Hall–Kier alpha value is -3.19. The second kappa shape index (κ2) is 8.26. The molecule has 0 unspecified atom stereocenters. The number of ether oxygens (including phenoxy) is 1. The summed E-state index contributed by atoms with van der Waals surface area (Å²) >= 11 is 0. The van der Waals surface area contributed by atoms with E-state index < -0.39 is 11.8 Å². The average Bonchev–Trinajstić information content (AvgIpc) is 2.62. The van der Waals surface area contributed by atoms with Crippen LogP contribution in [-0.2, 0) is 0 Å². The molecule has 0 aliphatic rings. The molecule has 136 valence electrons. The Morgan fingerprint density at radius 2 is 1.73 bits per heavy atom. The van der Waals surface area contributed by atoms with Crippen molar-refractivity contribution >= 4 is 23.3 Å². The third-order valence-corrected chi connectivity index (χ3v) is 3.78. The van der Waals surface area contributed by atoms with Gasteiger partial charge >= 0.3 is 0 Å². The summed E-state index contributed by atoms with van der Waals surface area (Å²) in [5, 5.41) is 11.5. The van der Waals surface area contributed by atoms with Gasteiger partial charge in [0, 0.05) is 16.7 Å². The number of anilines is 1. The van der Waals surface area contributed by atoms with Crippen LogP contribution in [0.15, 0.2) is 36.4 Å². The Balaban J connectivity index is 2.39. The summed E-state index contributed by atoms with van der Waals surface area (Å²) in [5.41, 5.74) is 3.40. The first kappa shape index (κ1) is 19.1. The molecule has 7 heteroatoms. The second-order valence-electron chi connectivity index (χ2n) is 5.62. The summed E-state index contributed by atoms with van der Waals surface area (Å²) in [6, 6.07) is 9.28. The van der Waals surface area contributed by atoms with Gasteiger partial charge in [-0.25, -0.2) is 5.48 Å². The van der Waals surface area contributed by atoms with Crippen LogP contribution in [0, 0.1) is 6.92 Å². The van der Waals surface area contributed by atoms with Gasteiger partial charge in [0.1, 0.15) is 5.75 Å². The number of benzene rings is 2. The molecule has 2 amide bonds. The standard InChI is InChI=1S/C19H20N2O5/c1-4-26-17-8-7-13(12(3)22)10-16(17)20-19(24)15-9-14(18(23)21-25)6-5-11(15)2/h5-10,25H,4H2,1-3H3,(H,20,24)(H,21,23). The zero-order valence-corrected chi connectivity index (χ0v) is 14.8. The fourth-order valence-electron chi connectivity index (χ4n) is 2.39. The molecule has 2 rings (SSSR count). The van der Waals surface area contributed by atoms with Gasteiger partial charge in [0.15, 0.2) is 5.78 Å². The van der Waals surface area contributed by atoms with Crippen LogP contribution >= 0.6 is 0 Å². The number of aryl methyl sites for hydroxylation is 1. The van der Waals surface area contributed by atoms with Crippen LogP contribution in [0.5, 0.6) is 5.75 Å². The molecule has 0 aliphatic carbocycles. The van der Waals surface area contributed by atoms with E-state index in [-0.39, 0.29) is 16.9 Å². The first-order valence-corrected chi connectivity index (χ1v) is 8.01. The molecule has 0 fully saturated rings. The fourth-order valence-corrected chi connectivity index (χ4v) is 2.39. The lowest BCUT2D eigenvalue weighted by Gasteiger charge is -2.14. The molecule has 0 saturated carbocycles. The number of carbonyl (C=O) groups is 3. The second-order valence-corrected chi connectivity index (χ2v) is 5.62. The number of nitrogens with one attached hydrogen (secondary N) is 2. The van der Waals surface area contributed by atoms with E-state index >= 15 is 0 Å². The summed E-state index contributed by atoms with van der Waals surface area (Å²) in [7, 11) is 0. The summed E-state index contributed by atoms with van der Waals surface area (Å²) in [4.78, 5) is 35.9. The maximum atomic E-state index is 12.7. The minimum atomic E-state index is -0.715. The van der Waals surface area contributed by atoms with Crippen LogP contribution in [0.4, 0.5) is 5.69 Å². The van der Waals surface area contributed by atoms with Gasteiger partial charge in [0.2, 0.25) is 0 Å². The highest BCUT2D eigenvalue weighted by Crippen LogP contribution is 2.27. The third-order valence-electron chi connectivity index (χ3n) is 3.78. The van der Waals surface area contributed by atoms with Crippen LogP contribution in [0.3, 0.4) is 0 Å². The monoisotopic (exact) mass is 356 g/mol. The number of hydrogen-bond donors (Lipinski definition) is 3. The summed E-state index contributed by atoms with van der Waals surface area (Å²) < 4.78 is 5.49. The fraction of sp³-hybridized carbons (Fsp3) is 0.211. The highest BCUT2D eigenvalue weighted by molar-refractivity contribution is 6.08. The maximum Gasteiger partial charge on any atom is 0.274 e. The number of Topliss-reactive ketones (excluding diaryl/α,β-unsaturated/α-hetero) is 1. The van der Waals surface area contributed by atoms with Crippen molar-refractivity contribution in [3.63, 3.8) is 0 Å². The minimum Gasteiger partial charge on any atom is -0.492 e. The Morgan fingerprint density at radius 3 is 2.35 bits per heavy atom. The SMILES string of the molecule is CCOc1ccc(C(C)=O)cc1NC(=O)c1cc(C(=O)NO)ccc1C. The smallest absolute Gasteiger partial charge is 0.274 e. The quantitative estimate of drug-likeness (QED) is 0.419. The number of rotatable bonds is 6. The average molecular weight is 356 g/mol. The van der Waals surface area contributed by atoms with Gasteiger partial charge in [-0.2, -0.15) is 0 Å². The first-order valence-electron chi connectivity index (χ1n) is 8.01. The van der Waals surface area contributed by atoms with Crippen molar-refractivity contribution < 1.29 is 24.3 Å². The zero-order valence-electron chi connectivity index (χ0n) is 14.8. The number of hydrogen-bond acceptors (Lipinski definition) is 5. The molecule has 0 atom stereocenters. The van der Waals surface area contributed by atoms with Gasteiger partial charge in [0.25, 0.3) is 11.8 Å². The van der Waals surface area contributed by atoms with Crippen molar-refractivity contribution in [3.05, 3.63) is 58.7 Å². The van der Waals surface area contributed by atoms with Crippen LogP contribution in [0.2, 0.25) is 0 Å². The van der Waals surface area contributed by atoms with Gasteiger partial charge < -0.3 is 10.1 Å². The predicted molar refractivity (Wildman–Crippen MR) is 96.0 cm³/mol. The number of hydroxylamine groups is 1. The normalized spacial score (nSPS) is 10.2. The van der Waals surface area contributed by atoms with E-state index in [4.69, 9.17) is 9.94 Å². The van der Waals surface area contributed by atoms with E-state index in [1.54, 1.807) is 31.2 Å². The van der Waals surface area contributed by atoms with E-state index in [9.17, 15) is 14.4 Å². The molecule has 0 saturated heterocycles. The Kier molecular flexibility index (Phi) is 6.08. The van der Waals surface area contributed by atoms with Gasteiger partial charge in [-0.1, -0.05) is 6.07 Å². The summed E-state index contributed by atoms with van der Waals surface area (Å²) in [5.74, 6) is -0.876. The van der Waals surface area contributed by atoms with Gasteiger partial charge in [-0.3, -0.25) is 19.6 Å². The van der Waals surface area contributed by atoms with Crippen molar-refractivity contribution in [2.75, 3.05) is 11.9 Å². The highest BCUT2D eigenvalue weighted by atomic mass is 16.5. The molecule has 7 nitrogen and oxygen atoms in total. The van der Waals surface area contributed by atoms with E-state index in [0.29, 0.717) is 29.2 Å². The molecule has 0 aliphatic heterocycles. The lowest BCUT2D eigenvalue weighted by Crippen LogP contribution is -2.20. The first-order chi connectivity index (χ1) is 12.4. The minimum absolute atomic E-state index is 0.138. The Bertz CT molecular complexity index is 861. The molecule has 26 heavy (non-hydrogen) atoms. The molecule has 0 spiro atoms. The molecule has 0 heterocycles.